The predicted octanol–water partition coefficient (Wildman–Crippen LogP) is 5.37. The summed E-state index contributed by atoms with van der Waals surface area (Å²) in [7, 11) is 1.44. The number of Topliss-reactive ketones (excluding diaryl/α,β-unsaturated/α-hetero) is 1. The summed E-state index contributed by atoms with van der Waals surface area (Å²) in [4.78, 5) is 68.2. The third-order valence-corrected chi connectivity index (χ3v) is 11.5. The van der Waals surface area contributed by atoms with Crippen LogP contribution in [0.15, 0.2) is 18.2 Å². The molecule has 4 amide bonds. The van der Waals surface area contributed by atoms with Crippen molar-refractivity contribution in [1.82, 2.24) is 9.80 Å². The van der Waals surface area contributed by atoms with Crippen LogP contribution in [0.25, 0.3) is 0 Å². The molecule has 6 rings (SSSR count). The van der Waals surface area contributed by atoms with Crippen molar-refractivity contribution in [1.29, 1.82) is 0 Å². The number of hydrogen-bond donors (Lipinski definition) is 0. The van der Waals surface area contributed by atoms with Crippen molar-refractivity contribution in [3.63, 3.8) is 0 Å². The molecule has 7 heteroatoms. The molecule has 3 aliphatic carbocycles. The summed E-state index contributed by atoms with van der Waals surface area (Å²) in [6, 6.07) is 4.65. The second-order valence-electron chi connectivity index (χ2n) is 13.7. The lowest BCUT2D eigenvalue weighted by atomic mass is 9.65. The molecule has 0 bridgehead atoms. The Kier molecular flexibility index (Phi) is 6.99. The number of rotatable bonds is 4. The highest BCUT2D eigenvalue weighted by Gasteiger charge is 2.54. The van der Waals surface area contributed by atoms with Crippen LogP contribution in [0.2, 0.25) is 0 Å². The number of ketones is 1. The molecule has 5 aliphatic rings. The molecule has 0 N–H and O–H groups in total. The summed E-state index contributed by atoms with van der Waals surface area (Å²) in [5, 5.41) is 0. The van der Waals surface area contributed by atoms with Crippen molar-refractivity contribution in [2.45, 2.75) is 84.6 Å². The Morgan fingerprint density at radius 3 is 2.05 bits per heavy atom. The predicted molar refractivity (Wildman–Crippen MR) is 149 cm³/mol. The van der Waals surface area contributed by atoms with Crippen molar-refractivity contribution in [2.75, 3.05) is 7.05 Å². The Morgan fingerprint density at radius 1 is 0.700 bits per heavy atom. The molecule has 2 heterocycles. The van der Waals surface area contributed by atoms with Gasteiger partial charge in [0.1, 0.15) is 0 Å². The quantitative estimate of drug-likeness (QED) is 0.374. The highest BCUT2D eigenvalue weighted by molar-refractivity contribution is 6.22. The Morgan fingerprint density at radius 2 is 1.35 bits per heavy atom. The SMILES string of the molecule is CC1CCC(C2CCC(N3C(=O)C4CCC(C(=O)c5ccc6c(c5)C(=O)N(C)C6=O)CC4C3=O)C(C)C2)CC1C. The molecule has 1 aromatic rings. The van der Waals surface area contributed by atoms with E-state index in [0.29, 0.717) is 42.2 Å². The minimum absolute atomic E-state index is 0.0269. The van der Waals surface area contributed by atoms with E-state index >= 15 is 0 Å². The summed E-state index contributed by atoms with van der Waals surface area (Å²) in [6.45, 7) is 6.98. The second-order valence-corrected chi connectivity index (χ2v) is 13.7. The number of carbonyl (C=O) groups is 5. The van der Waals surface area contributed by atoms with Crippen molar-refractivity contribution < 1.29 is 24.0 Å². The monoisotopic (exact) mass is 546 g/mol. The third-order valence-electron chi connectivity index (χ3n) is 11.5. The molecule has 1 saturated heterocycles. The van der Waals surface area contributed by atoms with Crippen molar-refractivity contribution >= 4 is 29.4 Å². The van der Waals surface area contributed by atoms with E-state index in [1.54, 1.807) is 17.0 Å². The number of benzene rings is 1. The Bertz CT molecular complexity index is 1270. The van der Waals surface area contributed by atoms with Gasteiger partial charge in [-0.3, -0.25) is 33.8 Å². The van der Waals surface area contributed by atoms with Crippen molar-refractivity contribution in [3.8, 4) is 0 Å². The number of likely N-dealkylation sites (tertiary alicyclic amines) is 1. The number of hydrogen-bond acceptors (Lipinski definition) is 5. The normalized spacial score (nSPS) is 38.0. The molecule has 0 spiro atoms. The molecule has 0 radical (unpaired) electrons. The zero-order valence-corrected chi connectivity index (χ0v) is 24.2. The first-order valence-electron chi connectivity index (χ1n) is 15.4. The lowest BCUT2D eigenvalue weighted by Crippen LogP contribution is -2.47. The van der Waals surface area contributed by atoms with E-state index < -0.39 is 11.8 Å². The van der Waals surface area contributed by atoms with Crippen molar-refractivity contribution in [3.05, 3.63) is 34.9 Å². The summed E-state index contributed by atoms with van der Waals surface area (Å²) in [6.07, 6.45) is 8.44. The maximum Gasteiger partial charge on any atom is 0.261 e. The van der Waals surface area contributed by atoms with Gasteiger partial charge < -0.3 is 0 Å². The van der Waals surface area contributed by atoms with Gasteiger partial charge in [0.05, 0.1) is 23.0 Å². The average Bonchev–Trinajstić information content (AvgIpc) is 3.33. The molecule has 0 aromatic heterocycles. The lowest BCUT2D eigenvalue weighted by molar-refractivity contribution is -0.145. The molecule has 3 saturated carbocycles. The van der Waals surface area contributed by atoms with E-state index in [0.717, 1.165) is 41.9 Å². The number of amides is 4. The molecule has 9 atom stereocenters. The minimum atomic E-state index is -0.440. The van der Waals surface area contributed by atoms with Gasteiger partial charge in [0.15, 0.2) is 5.78 Å². The summed E-state index contributed by atoms with van der Waals surface area (Å²) in [5.74, 6) is 1.21. The molecular weight excluding hydrogens is 504 g/mol. The van der Waals surface area contributed by atoms with Crippen LogP contribution in [0.4, 0.5) is 0 Å². The fraction of sp³-hybridized carbons (Fsp3) is 0.667. The van der Waals surface area contributed by atoms with Gasteiger partial charge in [0.25, 0.3) is 11.8 Å². The second kappa shape index (κ2) is 10.2. The maximum atomic E-state index is 13.7. The van der Waals surface area contributed by atoms with Gasteiger partial charge >= 0.3 is 0 Å². The molecule has 9 unspecified atom stereocenters. The van der Waals surface area contributed by atoms with Gasteiger partial charge in [0.2, 0.25) is 11.8 Å². The van der Waals surface area contributed by atoms with Crippen LogP contribution in [0, 0.1) is 47.3 Å². The minimum Gasteiger partial charge on any atom is -0.294 e. The third kappa shape index (κ3) is 4.35. The summed E-state index contributed by atoms with van der Waals surface area (Å²) in [5.41, 5.74) is 0.967. The van der Waals surface area contributed by atoms with E-state index in [4.69, 9.17) is 0 Å². The van der Waals surface area contributed by atoms with Crippen LogP contribution in [-0.2, 0) is 9.59 Å². The topological polar surface area (TPSA) is 91.8 Å². The zero-order valence-electron chi connectivity index (χ0n) is 24.2. The van der Waals surface area contributed by atoms with Gasteiger partial charge in [0, 0.05) is 24.6 Å². The average molecular weight is 547 g/mol. The van der Waals surface area contributed by atoms with Gasteiger partial charge in [-0.05, 0) is 93.1 Å². The van der Waals surface area contributed by atoms with E-state index in [9.17, 15) is 24.0 Å². The zero-order chi connectivity index (χ0) is 28.5. The molecule has 214 valence electrons. The first-order chi connectivity index (χ1) is 19.1. The molecule has 40 heavy (non-hydrogen) atoms. The van der Waals surface area contributed by atoms with Crippen LogP contribution >= 0.6 is 0 Å². The molecule has 7 nitrogen and oxygen atoms in total. The van der Waals surface area contributed by atoms with E-state index in [-0.39, 0.29) is 46.9 Å². The largest absolute Gasteiger partial charge is 0.294 e. The number of nitrogens with zero attached hydrogens (tertiary/aromatic N) is 2. The maximum absolute atomic E-state index is 13.7. The van der Waals surface area contributed by atoms with Crippen LogP contribution in [0.1, 0.15) is 110 Å². The Labute approximate surface area is 237 Å². The van der Waals surface area contributed by atoms with E-state index in [2.05, 4.69) is 20.8 Å². The number of carbonyl (C=O) groups excluding carboxylic acids is 5. The Hall–Kier alpha value is -2.83. The van der Waals surface area contributed by atoms with Gasteiger partial charge in [-0.2, -0.15) is 0 Å². The van der Waals surface area contributed by atoms with Gasteiger partial charge in [-0.1, -0.05) is 33.3 Å². The van der Waals surface area contributed by atoms with E-state index in [1.807, 2.05) is 0 Å². The van der Waals surface area contributed by atoms with Crippen LogP contribution in [0.3, 0.4) is 0 Å². The highest BCUT2D eigenvalue weighted by Crippen LogP contribution is 2.48. The fourth-order valence-corrected chi connectivity index (χ4v) is 8.77. The number of imide groups is 2. The van der Waals surface area contributed by atoms with E-state index in [1.165, 1.54) is 32.4 Å². The van der Waals surface area contributed by atoms with Gasteiger partial charge in [-0.15, -0.1) is 0 Å². The molecule has 1 aromatic carbocycles. The fourth-order valence-electron chi connectivity index (χ4n) is 8.77. The summed E-state index contributed by atoms with van der Waals surface area (Å²) >= 11 is 0. The standard InChI is InChI=1S/C33H42N2O5/c1-17-5-6-20(13-18(17)2)21-9-12-28(19(3)14-21)35-32(39)25-11-8-23(16-27(25)33(35)40)29(36)22-7-10-24-26(15-22)31(38)34(4)30(24)37/h7,10,15,17-21,23,25,27-28H,5-6,8-9,11-14,16H2,1-4H3. The lowest BCUT2D eigenvalue weighted by Gasteiger charge is -2.44. The smallest absolute Gasteiger partial charge is 0.261 e. The van der Waals surface area contributed by atoms with Crippen molar-refractivity contribution in [2.24, 2.45) is 47.3 Å². The van der Waals surface area contributed by atoms with Crippen LogP contribution in [-0.4, -0.2) is 52.3 Å². The first-order valence-corrected chi connectivity index (χ1v) is 15.4. The molecule has 2 aliphatic heterocycles. The highest BCUT2D eigenvalue weighted by atomic mass is 16.2. The Balaban J connectivity index is 1.12. The van der Waals surface area contributed by atoms with Gasteiger partial charge in [-0.25, -0.2) is 0 Å². The van der Waals surface area contributed by atoms with Crippen LogP contribution in [0.5, 0.6) is 0 Å². The molecule has 4 fully saturated rings. The summed E-state index contributed by atoms with van der Waals surface area (Å²) < 4.78 is 0. The molecular formula is C33H42N2O5. The number of fused-ring (bicyclic) bond motifs is 2. The van der Waals surface area contributed by atoms with Crippen LogP contribution < -0.4 is 0 Å². The first kappa shape index (κ1) is 27.3.